The summed E-state index contributed by atoms with van der Waals surface area (Å²) in [6.45, 7) is 2.72. The van der Waals surface area contributed by atoms with Crippen LogP contribution in [0, 0.1) is 5.92 Å². The normalized spacial score (nSPS) is 16.8. The molecule has 1 fully saturated rings. The van der Waals surface area contributed by atoms with Crippen molar-refractivity contribution in [2.24, 2.45) is 18.0 Å². The smallest absolute Gasteiger partial charge is 0.251 e. The largest absolute Gasteiger partial charge is 0.319 e. The van der Waals surface area contributed by atoms with Crippen LogP contribution in [-0.4, -0.2) is 36.3 Å². The summed E-state index contributed by atoms with van der Waals surface area (Å²) in [6.07, 6.45) is 1.88. The van der Waals surface area contributed by atoms with Crippen LogP contribution in [0.1, 0.15) is 25.3 Å². The van der Waals surface area contributed by atoms with Gasteiger partial charge in [-0.3, -0.25) is 4.79 Å². The number of piperidine rings is 1. The summed E-state index contributed by atoms with van der Waals surface area (Å²) in [4.78, 5) is 18.1. The number of sulfonamides is 1. The van der Waals surface area contributed by atoms with Gasteiger partial charge in [0.1, 0.15) is 0 Å². The van der Waals surface area contributed by atoms with Gasteiger partial charge in [0.05, 0.1) is 15.1 Å². The van der Waals surface area contributed by atoms with Crippen molar-refractivity contribution in [1.82, 2.24) is 8.87 Å². The first-order valence-electron chi connectivity index (χ1n) is 10.2. The van der Waals surface area contributed by atoms with Gasteiger partial charge in [0.25, 0.3) is 5.91 Å². The van der Waals surface area contributed by atoms with Crippen molar-refractivity contribution in [3.05, 3.63) is 57.9 Å². The number of fused-ring (bicyclic) bond motifs is 1. The molecule has 1 amide bonds. The van der Waals surface area contributed by atoms with Crippen LogP contribution in [0.2, 0.25) is 5.02 Å². The highest BCUT2D eigenvalue weighted by atomic mass is 35.5. The van der Waals surface area contributed by atoms with Crippen molar-refractivity contribution in [3.8, 4) is 0 Å². The molecular formula is C22H24ClN3O3S2. The molecule has 1 aliphatic rings. The number of hydrogen-bond acceptors (Lipinski definition) is 4. The van der Waals surface area contributed by atoms with Crippen LogP contribution in [0.15, 0.2) is 52.4 Å². The summed E-state index contributed by atoms with van der Waals surface area (Å²) in [5.41, 5.74) is 2.30. The number of aromatic nitrogens is 1. The summed E-state index contributed by atoms with van der Waals surface area (Å²) >= 11 is 7.37. The fraction of sp³-hybridized carbons (Fsp3) is 0.364. The Kier molecular flexibility index (Phi) is 6.35. The summed E-state index contributed by atoms with van der Waals surface area (Å²) < 4.78 is 30.2. The number of carbonyl (C=O) groups is 1. The lowest BCUT2D eigenvalue weighted by atomic mass is 9.98. The second kappa shape index (κ2) is 8.86. The van der Waals surface area contributed by atoms with Crippen LogP contribution in [0.3, 0.4) is 0 Å². The molecule has 9 heteroatoms. The van der Waals surface area contributed by atoms with Crippen molar-refractivity contribution >= 4 is 49.1 Å². The first-order chi connectivity index (χ1) is 14.8. The van der Waals surface area contributed by atoms with Crippen molar-refractivity contribution < 1.29 is 13.2 Å². The minimum atomic E-state index is -3.59. The van der Waals surface area contributed by atoms with E-state index in [0.29, 0.717) is 35.8 Å². The summed E-state index contributed by atoms with van der Waals surface area (Å²) in [5, 5.41) is 0.491. The summed E-state index contributed by atoms with van der Waals surface area (Å²) in [5.74, 6) is -0.450. The minimum Gasteiger partial charge on any atom is -0.319 e. The van der Waals surface area contributed by atoms with Gasteiger partial charge in [0.15, 0.2) is 4.80 Å². The third kappa shape index (κ3) is 4.48. The fourth-order valence-corrected chi connectivity index (χ4v) is 6.47. The van der Waals surface area contributed by atoms with E-state index in [2.05, 4.69) is 30.1 Å². The predicted molar refractivity (Wildman–Crippen MR) is 124 cm³/mol. The molecule has 0 aliphatic carbocycles. The molecule has 0 atom stereocenters. The average molecular weight is 478 g/mol. The Hall–Kier alpha value is -2.00. The van der Waals surface area contributed by atoms with E-state index < -0.39 is 10.0 Å². The molecule has 1 aromatic heterocycles. The van der Waals surface area contributed by atoms with Gasteiger partial charge in [-0.2, -0.15) is 9.30 Å². The van der Waals surface area contributed by atoms with E-state index in [1.807, 2.05) is 11.6 Å². The van der Waals surface area contributed by atoms with Gasteiger partial charge in [0, 0.05) is 31.1 Å². The lowest BCUT2D eigenvalue weighted by Gasteiger charge is -2.29. The number of benzene rings is 2. The molecule has 0 bridgehead atoms. The quantitative estimate of drug-likeness (QED) is 0.570. The maximum absolute atomic E-state index is 12.8. The standard InChI is InChI=1S/C22H24ClN3O3S2/c1-3-15-4-9-19-20(14-15)30-22(25(19)2)24-21(27)16-10-12-26(13-11-16)31(28,29)18-7-5-17(23)6-8-18/h4-9,14,16H,3,10-13H2,1-2H3. The molecule has 0 radical (unpaired) electrons. The monoisotopic (exact) mass is 477 g/mol. The molecule has 1 saturated heterocycles. The van der Waals surface area contributed by atoms with Gasteiger partial charge in [-0.15, -0.1) is 0 Å². The fourth-order valence-electron chi connectivity index (χ4n) is 3.79. The molecule has 1 aliphatic heterocycles. The predicted octanol–water partition coefficient (Wildman–Crippen LogP) is 3.98. The number of hydrogen-bond donors (Lipinski definition) is 0. The minimum absolute atomic E-state index is 0.179. The first kappa shape index (κ1) is 22.2. The van der Waals surface area contributed by atoms with Gasteiger partial charge in [-0.1, -0.05) is 35.9 Å². The van der Waals surface area contributed by atoms with Gasteiger partial charge >= 0.3 is 0 Å². The molecule has 164 valence electrons. The number of thiazole rings is 1. The first-order valence-corrected chi connectivity index (χ1v) is 12.9. The second-order valence-electron chi connectivity index (χ2n) is 7.68. The topological polar surface area (TPSA) is 71.7 Å². The van der Waals surface area contributed by atoms with Crippen LogP contribution in [-0.2, 0) is 28.3 Å². The van der Waals surface area contributed by atoms with Crippen molar-refractivity contribution in [3.63, 3.8) is 0 Å². The zero-order valence-electron chi connectivity index (χ0n) is 17.4. The SMILES string of the molecule is CCc1ccc2c(c1)sc(=NC(=O)C1CCN(S(=O)(=O)c3ccc(Cl)cc3)CC1)n2C. The number of carbonyl (C=O) groups excluding carboxylic acids is 1. The van der Waals surface area contributed by atoms with Gasteiger partial charge in [-0.05, 0) is 61.2 Å². The number of amides is 1. The van der Waals surface area contributed by atoms with Gasteiger partial charge in [-0.25, -0.2) is 8.42 Å². The van der Waals surface area contributed by atoms with E-state index in [-0.39, 0.29) is 16.7 Å². The molecule has 4 rings (SSSR count). The Labute approximate surface area is 190 Å². The van der Waals surface area contributed by atoms with Gasteiger partial charge in [0.2, 0.25) is 10.0 Å². The van der Waals surface area contributed by atoms with Crippen LogP contribution in [0.25, 0.3) is 10.2 Å². The van der Waals surface area contributed by atoms with E-state index in [1.165, 1.54) is 33.3 Å². The average Bonchev–Trinajstić information content (AvgIpc) is 3.08. The Morgan fingerprint density at radius 3 is 2.48 bits per heavy atom. The number of rotatable bonds is 4. The highest BCUT2D eigenvalue weighted by Gasteiger charge is 2.32. The molecule has 31 heavy (non-hydrogen) atoms. The van der Waals surface area contributed by atoms with E-state index >= 15 is 0 Å². The Bertz CT molecular complexity index is 1290. The maximum atomic E-state index is 12.8. The van der Waals surface area contributed by atoms with Crippen molar-refractivity contribution in [1.29, 1.82) is 0 Å². The third-order valence-electron chi connectivity index (χ3n) is 5.74. The van der Waals surface area contributed by atoms with Crippen LogP contribution in [0.5, 0.6) is 0 Å². The summed E-state index contributed by atoms with van der Waals surface area (Å²) in [6, 6.07) is 12.5. The molecule has 2 heterocycles. The van der Waals surface area contributed by atoms with E-state index in [9.17, 15) is 13.2 Å². The number of halogens is 1. The molecule has 3 aromatic rings. The maximum Gasteiger partial charge on any atom is 0.251 e. The van der Waals surface area contributed by atoms with Crippen molar-refractivity contribution in [2.75, 3.05) is 13.1 Å². The van der Waals surface area contributed by atoms with E-state index in [1.54, 1.807) is 12.1 Å². The Morgan fingerprint density at radius 1 is 1.16 bits per heavy atom. The molecular weight excluding hydrogens is 454 g/mol. The molecule has 0 unspecified atom stereocenters. The van der Waals surface area contributed by atoms with Crippen molar-refractivity contribution in [2.45, 2.75) is 31.1 Å². The van der Waals surface area contributed by atoms with Crippen LogP contribution >= 0.6 is 22.9 Å². The highest BCUT2D eigenvalue weighted by molar-refractivity contribution is 7.89. The third-order valence-corrected chi connectivity index (χ3v) is 9.00. The second-order valence-corrected chi connectivity index (χ2v) is 11.1. The number of aryl methyl sites for hydroxylation is 2. The van der Waals surface area contributed by atoms with Crippen LogP contribution in [0.4, 0.5) is 0 Å². The molecule has 6 nitrogen and oxygen atoms in total. The molecule has 0 saturated carbocycles. The zero-order valence-corrected chi connectivity index (χ0v) is 19.8. The molecule has 0 N–H and O–H groups in total. The number of nitrogens with zero attached hydrogens (tertiary/aromatic N) is 3. The van der Waals surface area contributed by atoms with E-state index in [4.69, 9.17) is 11.6 Å². The van der Waals surface area contributed by atoms with Gasteiger partial charge < -0.3 is 4.57 Å². The highest BCUT2D eigenvalue weighted by Crippen LogP contribution is 2.26. The lowest BCUT2D eigenvalue weighted by Crippen LogP contribution is -2.40. The van der Waals surface area contributed by atoms with Crippen LogP contribution < -0.4 is 4.80 Å². The Balaban J connectivity index is 1.49. The molecule has 2 aromatic carbocycles. The Morgan fingerprint density at radius 2 is 1.84 bits per heavy atom. The summed E-state index contributed by atoms with van der Waals surface area (Å²) in [7, 11) is -1.67. The molecule has 0 spiro atoms. The zero-order chi connectivity index (χ0) is 22.2. The lowest BCUT2D eigenvalue weighted by molar-refractivity contribution is -0.122. The van der Waals surface area contributed by atoms with E-state index in [0.717, 1.165) is 16.6 Å².